The fourth-order valence-corrected chi connectivity index (χ4v) is 1.95. The molecule has 0 radical (unpaired) electrons. The van der Waals surface area contributed by atoms with Crippen molar-refractivity contribution in [2.24, 2.45) is 4.99 Å². The molecule has 0 aromatic carbocycles. The molecule has 1 N–H and O–H groups in total. The fourth-order valence-electron chi connectivity index (χ4n) is 0.824. The van der Waals surface area contributed by atoms with Crippen LogP contribution >= 0.6 is 11.8 Å². The highest BCUT2D eigenvalue weighted by Crippen LogP contribution is 2.29. The molecule has 0 saturated carbocycles. The fraction of sp³-hybridized carbons (Fsp3) is 0.714. The van der Waals surface area contributed by atoms with Gasteiger partial charge in [0.05, 0.1) is 5.54 Å². The number of carboxylic acids is 1. The number of hydrogen-bond donors (Lipinski definition) is 1. The van der Waals surface area contributed by atoms with E-state index in [0.717, 1.165) is 12.2 Å². The summed E-state index contributed by atoms with van der Waals surface area (Å²) in [7, 11) is 0. The first-order valence-corrected chi connectivity index (χ1v) is 4.52. The van der Waals surface area contributed by atoms with E-state index in [1.165, 1.54) is 11.8 Å². The lowest BCUT2D eigenvalue weighted by Crippen LogP contribution is -2.20. The van der Waals surface area contributed by atoms with Gasteiger partial charge >= 0.3 is 5.97 Å². The summed E-state index contributed by atoms with van der Waals surface area (Å²) >= 11 is 1.33. The van der Waals surface area contributed by atoms with Crippen LogP contribution < -0.4 is 0 Å². The Hall–Kier alpha value is -0.510. The molecule has 0 aromatic rings. The largest absolute Gasteiger partial charge is 0.476 e. The van der Waals surface area contributed by atoms with Gasteiger partial charge in [-0.2, -0.15) is 0 Å². The van der Waals surface area contributed by atoms with Crippen molar-refractivity contribution in [3.63, 3.8) is 0 Å². The number of aliphatic carboxylic acids is 1. The number of thioether (sulfide) groups is 1. The molecule has 1 aliphatic heterocycles. The maximum Gasteiger partial charge on any atom is 0.360 e. The lowest BCUT2D eigenvalue weighted by atomic mass is 10.0. The van der Waals surface area contributed by atoms with E-state index in [2.05, 4.69) is 4.99 Å². The van der Waals surface area contributed by atoms with Crippen LogP contribution in [0.25, 0.3) is 0 Å². The highest BCUT2D eigenvalue weighted by Gasteiger charge is 2.31. The third-order valence-corrected chi connectivity index (χ3v) is 3.14. The number of carboxylic acid groups (broad SMARTS) is 1. The number of carbonyl (C=O) groups is 1. The predicted molar refractivity (Wildman–Crippen MR) is 46.2 cm³/mol. The highest BCUT2D eigenvalue weighted by molar-refractivity contribution is 8.16. The summed E-state index contributed by atoms with van der Waals surface area (Å²) in [4.78, 5) is 14.6. The molecule has 1 rings (SSSR count). The first-order chi connectivity index (χ1) is 5.07. The van der Waals surface area contributed by atoms with Crippen molar-refractivity contribution in [3.8, 4) is 0 Å². The van der Waals surface area contributed by atoms with Crippen LogP contribution in [0.15, 0.2) is 4.99 Å². The van der Waals surface area contributed by atoms with E-state index in [4.69, 9.17) is 5.11 Å². The van der Waals surface area contributed by atoms with Crippen LogP contribution in [0.5, 0.6) is 0 Å². The van der Waals surface area contributed by atoms with Crippen LogP contribution in [0.4, 0.5) is 0 Å². The normalized spacial score (nSPS) is 30.2. The van der Waals surface area contributed by atoms with E-state index in [1.54, 1.807) is 0 Å². The number of rotatable bonds is 2. The van der Waals surface area contributed by atoms with Gasteiger partial charge in [-0.1, -0.05) is 18.7 Å². The van der Waals surface area contributed by atoms with Crippen molar-refractivity contribution in [1.29, 1.82) is 0 Å². The number of aliphatic imine (C=N–C) groups is 1. The molecule has 1 aliphatic rings. The van der Waals surface area contributed by atoms with Gasteiger partial charge in [-0.25, -0.2) is 4.79 Å². The second-order valence-corrected chi connectivity index (χ2v) is 3.83. The van der Waals surface area contributed by atoms with Crippen molar-refractivity contribution in [1.82, 2.24) is 0 Å². The Morgan fingerprint density at radius 1 is 1.91 bits per heavy atom. The highest BCUT2D eigenvalue weighted by atomic mass is 32.2. The third kappa shape index (κ3) is 1.74. The summed E-state index contributed by atoms with van der Waals surface area (Å²) < 4.78 is 0. The van der Waals surface area contributed by atoms with E-state index in [0.29, 0.717) is 0 Å². The van der Waals surface area contributed by atoms with Gasteiger partial charge in [0.25, 0.3) is 0 Å². The first kappa shape index (κ1) is 8.59. The van der Waals surface area contributed by atoms with Crippen LogP contribution in [0.1, 0.15) is 20.3 Å². The van der Waals surface area contributed by atoms with Gasteiger partial charge in [0.2, 0.25) is 0 Å². The minimum absolute atomic E-state index is 0.140. The molecule has 0 aliphatic carbocycles. The molecule has 11 heavy (non-hydrogen) atoms. The lowest BCUT2D eigenvalue weighted by Gasteiger charge is -2.15. The summed E-state index contributed by atoms with van der Waals surface area (Å²) in [5.74, 6) is -0.0994. The molecule has 0 bridgehead atoms. The summed E-state index contributed by atoms with van der Waals surface area (Å²) in [6.07, 6.45) is 0.900. The van der Waals surface area contributed by atoms with Gasteiger partial charge in [-0.3, -0.25) is 4.99 Å². The van der Waals surface area contributed by atoms with Crippen LogP contribution in [0.3, 0.4) is 0 Å². The number of nitrogens with zero attached hydrogens (tertiary/aromatic N) is 1. The molecule has 1 atom stereocenters. The number of hydrogen-bond acceptors (Lipinski definition) is 3. The zero-order chi connectivity index (χ0) is 8.48. The Balaban J connectivity index is 2.75. The minimum Gasteiger partial charge on any atom is -0.476 e. The average Bonchev–Trinajstić information content (AvgIpc) is 2.33. The van der Waals surface area contributed by atoms with E-state index < -0.39 is 5.97 Å². The quantitative estimate of drug-likeness (QED) is 0.686. The molecule has 4 heteroatoms. The van der Waals surface area contributed by atoms with Crippen LogP contribution in [-0.2, 0) is 4.79 Å². The smallest absolute Gasteiger partial charge is 0.360 e. The third-order valence-electron chi connectivity index (χ3n) is 1.84. The van der Waals surface area contributed by atoms with Crippen molar-refractivity contribution in [2.45, 2.75) is 25.8 Å². The molecule has 0 aromatic heterocycles. The van der Waals surface area contributed by atoms with E-state index >= 15 is 0 Å². The summed E-state index contributed by atoms with van der Waals surface area (Å²) in [5.41, 5.74) is -0.140. The Bertz CT molecular complexity index is 214. The monoisotopic (exact) mass is 173 g/mol. The molecule has 0 spiro atoms. The van der Waals surface area contributed by atoms with Crippen LogP contribution in [0.2, 0.25) is 0 Å². The maximum absolute atomic E-state index is 10.5. The molecular formula is C7H11NO2S. The summed E-state index contributed by atoms with van der Waals surface area (Å²) in [6, 6.07) is 0. The Morgan fingerprint density at radius 3 is 2.82 bits per heavy atom. The van der Waals surface area contributed by atoms with Gasteiger partial charge in [0.1, 0.15) is 0 Å². The topological polar surface area (TPSA) is 49.7 Å². The van der Waals surface area contributed by atoms with Crippen molar-refractivity contribution in [3.05, 3.63) is 0 Å². The van der Waals surface area contributed by atoms with Crippen molar-refractivity contribution >= 4 is 22.8 Å². The van der Waals surface area contributed by atoms with Gasteiger partial charge in [0.15, 0.2) is 5.04 Å². The SMILES string of the molecule is CCC1(C)CSC(C(=O)O)=N1. The van der Waals surface area contributed by atoms with Crippen LogP contribution in [-0.4, -0.2) is 27.4 Å². The van der Waals surface area contributed by atoms with E-state index in [9.17, 15) is 4.79 Å². The van der Waals surface area contributed by atoms with Crippen LogP contribution in [0, 0.1) is 0 Å². The van der Waals surface area contributed by atoms with Crippen molar-refractivity contribution < 1.29 is 9.90 Å². The Labute approximate surface area is 69.9 Å². The second-order valence-electron chi connectivity index (χ2n) is 2.86. The predicted octanol–water partition coefficient (Wildman–Crippen LogP) is 1.39. The molecule has 62 valence electrons. The molecule has 1 heterocycles. The lowest BCUT2D eigenvalue weighted by molar-refractivity contribution is -0.129. The van der Waals surface area contributed by atoms with Gasteiger partial charge in [-0.15, -0.1) is 0 Å². The zero-order valence-electron chi connectivity index (χ0n) is 6.63. The van der Waals surface area contributed by atoms with E-state index in [-0.39, 0.29) is 10.6 Å². The average molecular weight is 173 g/mol. The standard InChI is InChI=1S/C7H11NO2S/c1-3-7(2)4-11-5(8-7)6(9)10/h3-4H2,1-2H3,(H,9,10). The van der Waals surface area contributed by atoms with Gasteiger partial charge in [0, 0.05) is 5.75 Å². The summed E-state index contributed by atoms with van der Waals surface area (Å²) in [5, 5.41) is 8.85. The Morgan fingerprint density at radius 2 is 2.55 bits per heavy atom. The Kier molecular flexibility index (Phi) is 2.23. The molecule has 0 amide bonds. The molecule has 0 saturated heterocycles. The molecular weight excluding hydrogens is 162 g/mol. The zero-order valence-corrected chi connectivity index (χ0v) is 7.44. The summed E-state index contributed by atoms with van der Waals surface area (Å²) in [6.45, 7) is 4.00. The maximum atomic E-state index is 10.5. The van der Waals surface area contributed by atoms with Gasteiger partial charge in [-0.05, 0) is 13.3 Å². The van der Waals surface area contributed by atoms with E-state index in [1.807, 2.05) is 13.8 Å². The van der Waals surface area contributed by atoms with Gasteiger partial charge < -0.3 is 5.11 Å². The second kappa shape index (κ2) is 2.85. The molecule has 3 nitrogen and oxygen atoms in total. The van der Waals surface area contributed by atoms with Crippen molar-refractivity contribution in [2.75, 3.05) is 5.75 Å². The molecule has 0 fully saturated rings. The minimum atomic E-state index is -0.896. The molecule has 1 unspecified atom stereocenters. The first-order valence-electron chi connectivity index (χ1n) is 3.53.